The number of H-pyrrole nitrogens is 1. The van der Waals surface area contributed by atoms with E-state index in [4.69, 9.17) is 4.74 Å². The van der Waals surface area contributed by atoms with Crippen LogP contribution in [0.1, 0.15) is 19.3 Å². The molecule has 1 aliphatic rings. The summed E-state index contributed by atoms with van der Waals surface area (Å²) in [6.45, 7) is 0.905. The highest BCUT2D eigenvalue weighted by Crippen LogP contribution is 2.20. The van der Waals surface area contributed by atoms with Gasteiger partial charge in [0.05, 0.1) is 11.7 Å². The number of anilines is 1. The number of carbonyl (C=O) groups excluding carboxylic acids is 1. The molecule has 0 unspecified atom stereocenters. The van der Waals surface area contributed by atoms with Crippen LogP contribution in [-0.2, 0) is 4.74 Å². The van der Waals surface area contributed by atoms with Crippen LogP contribution in [-0.4, -0.2) is 36.1 Å². The van der Waals surface area contributed by atoms with Crippen LogP contribution in [0.3, 0.4) is 0 Å². The van der Waals surface area contributed by atoms with Crippen molar-refractivity contribution in [2.24, 2.45) is 0 Å². The number of amides is 1. The quantitative estimate of drug-likeness (QED) is 0.881. The lowest BCUT2D eigenvalue weighted by molar-refractivity contribution is 0.0673. The Hall–Kier alpha value is -2.08. The largest absolute Gasteiger partial charge is 0.430 e. The Morgan fingerprint density at radius 2 is 2.35 bits per heavy atom. The van der Waals surface area contributed by atoms with E-state index in [-0.39, 0.29) is 12.3 Å². The molecule has 1 aromatic carbocycles. The average molecular weight is 274 g/mol. The molecule has 6 heteroatoms. The first kappa shape index (κ1) is 12.9. The van der Waals surface area contributed by atoms with Crippen LogP contribution < -0.4 is 10.2 Å². The molecule has 1 aliphatic heterocycles. The van der Waals surface area contributed by atoms with Gasteiger partial charge in [0.2, 0.25) is 0 Å². The van der Waals surface area contributed by atoms with E-state index in [1.54, 1.807) is 13.2 Å². The van der Waals surface area contributed by atoms with E-state index in [1.165, 1.54) is 4.90 Å². The zero-order valence-corrected chi connectivity index (χ0v) is 11.4. The minimum atomic E-state index is -0.341. The molecule has 1 amide bonds. The van der Waals surface area contributed by atoms with Crippen molar-refractivity contribution >= 4 is 22.7 Å². The lowest BCUT2D eigenvalue weighted by Crippen LogP contribution is -2.41. The number of nitrogens with one attached hydrogen (secondary N) is 2. The first-order valence-electron chi connectivity index (χ1n) is 6.85. The number of aromatic nitrogens is 2. The van der Waals surface area contributed by atoms with Gasteiger partial charge in [-0.2, -0.15) is 5.10 Å². The van der Waals surface area contributed by atoms with Gasteiger partial charge in [0, 0.05) is 18.1 Å². The second-order valence-corrected chi connectivity index (χ2v) is 5.02. The molecule has 0 bridgehead atoms. The Bertz CT molecular complexity index is 604. The van der Waals surface area contributed by atoms with E-state index in [2.05, 4.69) is 15.5 Å². The number of aromatic amines is 1. The van der Waals surface area contributed by atoms with Crippen molar-refractivity contribution in [3.63, 3.8) is 0 Å². The van der Waals surface area contributed by atoms with Crippen LogP contribution in [0, 0.1) is 0 Å². The van der Waals surface area contributed by atoms with E-state index >= 15 is 0 Å². The Morgan fingerprint density at radius 3 is 3.15 bits per heavy atom. The summed E-state index contributed by atoms with van der Waals surface area (Å²) in [6.07, 6.45) is 4.33. The van der Waals surface area contributed by atoms with Gasteiger partial charge >= 0.3 is 6.09 Å². The molecule has 6 nitrogen and oxygen atoms in total. The lowest BCUT2D eigenvalue weighted by atomic mass is 10.1. The Balaban J connectivity index is 1.70. The van der Waals surface area contributed by atoms with Gasteiger partial charge in [0.15, 0.2) is 6.23 Å². The van der Waals surface area contributed by atoms with Gasteiger partial charge < -0.3 is 4.74 Å². The summed E-state index contributed by atoms with van der Waals surface area (Å²) < 4.78 is 5.45. The normalized spacial score (nSPS) is 18.9. The van der Waals surface area contributed by atoms with Crippen molar-refractivity contribution in [1.29, 1.82) is 0 Å². The number of piperidine rings is 1. The molecule has 2 N–H and O–H groups in total. The smallest absolute Gasteiger partial charge is 0.415 e. The predicted octanol–water partition coefficient (Wildman–Crippen LogP) is 2.24. The van der Waals surface area contributed by atoms with E-state index in [0.717, 1.165) is 42.4 Å². The summed E-state index contributed by atoms with van der Waals surface area (Å²) in [7, 11) is 1.71. The van der Waals surface area contributed by atoms with Crippen LogP contribution in [0.5, 0.6) is 0 Å². The van der Waals surface area contributed by atoms with Gasteiger partial charge in [-0.3, -0.25) is 15.3 Å². The van der Waals surface area contributed by atoms with Gasteiger partial charge in [0.1, 0.15) is 0 Å². The van der Waals surface area contributed by atoms with Crippen molar-refractivity contribution < 1.29 is 9.53 Å². The van der Waals surface area contributed by atoms with Crippen molar-refractivity contribution in [2.45, 2.75) is 25.5 Å². The minimum absolute atomic E-state index is 0.170. The van der Waals surface area contributed by atoms with Gasteiger partial charge in [-0.05, 0) is 44.0 Å². The minimum Gasteiger partial charge on any atom is -0.430 e. The van der Waals surface area contributed by atoms with E-state index in [1.807, 2.05) is 18.2 Å². The van der Waals surface area contributed by atoms with E-state index in [9.17, 15) is 4.79 Å². The fourth-order valence-corrected chi connectivity index (χ4v) is 2.37. The number of fused-ring (bicyclic) bond motifs is 1. The van der Waals surface area contributed by atoms with Crippen molar-refractivity contribution in [2.75, 3.05) is 18.5 Å². The number of nitrogens with zero attached hydrogens (tertiary/aromatic N) is 2. The average Bonchev–Trinajstić information content (AvgIpc) is 2.94. The first-order valence-corrected chi connectivity index (χ1v) is 6.85. The number of carbonyl (C=O) groups is 1. The maximum atomic E-state index is 12.1. The molecule has 2 heterocycles. The van der Waals surface area contributed by atoms with E-state index in [0.29, 0.717) is 0 Å². The van der Waals surface area contributed by atoms with Crippen LogP contribution in [0.4, 0.5) is 10.5 Å². The molecular formula is C14H18N4O2. The monoisotopic (exact) mass is 274 g/mol. The molecule has 1 saturated heterocycles. The maximum absolute atomic E-state index is 12.1. The third-order valence-corrected chi connectivity index (χ3v) is 3.59. The van der Waals surface area contributed by atoms with Gasteiger partial charge in [0.25, 0.3) is 0 Å². The SMILES string of the molecule is CN(C(=O)O[C@@H]1CCCCN1)c1ccc2[nH]ncc2c1. The Kier molecular flexibility index (Phi) is 3.56. The lowest BCUT2D eigenvalue weighted by Gasteiger charge is -2.26. The number of ether oxygens (including phenoxy) is 1. The highest BCUT2D eigenvalue weighted by Gasteiger charge is 2.20. The summed E-state index contributed by atoms with van der Waals surface area (Å²) in [4.78, 5) is 13.6. The molecule has 0 spiro atoms. The third kappa shape index (κ3) is 2.60. The van der Waals surface area contributed by atoms with Crippen molar-refractivity contribution in [3.8, 4) is 0 Å². The Morgan fingerprint density at radius 1 is 1.45 bits per heavy atom. The molecular weight excluding hydrogens is 256 g/mol. The molecule has 20 heavy (non-hydrogen) atoms. The second kappa shape index (κ2) is 5.50. The molecule has 106 valence electrons. The van der Waals surface area contributed by atoms with Crippen LogP contribution >= 0.6 is 0 Å². The maximum Gasteiger partial charge on any atom is 0.415 e. The highest BCUT2D eigenvalue weighted by atomic mass is 16.6. The molecule has 1 fully saturated rings. The topological polar surface area (TPSA) is 70.2 Å². The fraction of sp³-hybridized carbons (Fsp3) is 0.429. The molecule has 0 saturated carbocycles. The van der Waals surface area contributed by atoms with Crippen LogP contribution in [0.2, 0.25) is 0 Å². The molecule has 0 radical (unpaired) electrons. The Labute approximate surface area is 117 Å². The molecule has 3 rings (SSSR count). The van der Waals surface area contributed by atoms with Crippen LogP contribution in [0.25, 0.3) is 10.9 Å². The number of hydrogen-bond acceptors (Lipinski definition) is 4. The number of rotatable bonds is 2. The summed E-state index contributed by atoms with van der Waals surface area (Å²) in [5.41, 5.74) is 1.74. The third-order valence-electron chi connectivity index (χ3n) is 3.59. The van der Waals surface area contributed by atoms with Crippen LogP contribution in [0.15, 0.2) is 24.4 Å². The molecule has 1 aromatic heterocycles. The van der Waals surface area contributed by atoms with Gasteiger partial charge in [-0.15, -0.1) is 0 Å². The summed E-state index contributed by atoms with van der Waals surface area (Å²) >= 11 is 0. The zero-order valence-electron chi connectivity index (χ0n) is 11.4. The number of hydrogen-bond donors (Lipinski definition) is 2. The highest BCUT2D eigenvalue weighted by molar-refractivity contribution is 5.91. The second-order valence-electron chi connectivity index (χ2n) is 5.02. The first-order chi connectivity index (χ1) is 9.74. The fourth-order valence-electron chi connectivity index (χ4n) is 2.37. The van der Waals surface area contributed by atoms with Gasteiger partial charge in [-0.25, -0.2) is 4.79 Å². The molecule has 2 aromatic rings. The number of benzene rings is 1. The van der Waals surface area contributed by atoms with Crippen molar-refractivity contribution in [1.82, 2.24) is 15.5 Å². The summed E-state index contributed by atoms with van der Waals surface area (Å²) in [6, 6.07) is 5.69. The van der Waals surface area contributed by atoms with E-state index < -0.39 is 0 Å². The van der Waals surface area contributed by atoms with Gasteiger partial charge in [-0.1, -0.05) is 0 Å². The summed E-state index contributed by atoms with van der Waals surface area (Å²) in [5, 5.41) is 11.0. The standard InChI is InChI=1S/C14H18N4O2/c1-18(14(19)20-13-4-2-3-7-15-13)11-5-6-12-10(8-11)9-16-17-12/h5-6,8-9,13,15H,2-4,7H2,1H3,(H,16,17)/t13-/m1/s1. The summed E-state index contributed by atoms with van der Waals surface area (Å²) in [5.74, 6) is 0. The molecule has 0 aliphatic carbocycles. The van der Waals surface area contributed by atoms with Crippen molar-refractivity contribution in [3.05, 3.63) is 24.4 Å². The predicted molar refractivity (Wildman–Crippen MR) is 76.6 cm³/mol. The molecule has 1 atom stereocenters. The zero-order chi connectivity index (χ0) is 13.9.